The third-order valence-electron chi connectivity index (χ3n) is 4.80. The van der Waals surface area contributed by atoms with Gasteiger partial charge in [-0.3, -0.25) is 14.9 Å². The van der Waals surface area contributed by atoms with Crippen molar-refractivity contribution in [1.29, 1.82) is 0 Å². The van der Waals surface area contributed by atoms with Crippen molar-refractivity contribution in [3.8, 4) is 0 Å². The average Bonchev–Trinajstić information content (AvgIpc) is 2.80. The minimum atomic E-state index is -0.500. The molecule has 0 amide bonds. The highest BCUT2D eigenvalue weighted by molar-refractivity contribution is 9.10. The van der Waals surface area contributed by atoms with E-state index >= 15 is 0 Å². The van der Waals surface area contributed by atoms with E-state index in [9.17, 15) is 19.7 Å². The van der Waals surface area contributed by atoms with Crippen LogP contribution < -0.4 is 5.32 Å². The van der Waals surface area contributed by atoms with Gasteiger partial charge in [0.1, 0.15) is 0 Å². The number of benzene rings is 3. The Morgan fingerprint density at radius 2 is 1.56 bits per heavy atom. The smallest absolute Gasteiger partial charge is 0.338 e. The topological polar surface area (TPSA) is 98.5 Å². The second-order valence-electron chi connectivity index (χ2n) is 6.98. The van der Waals surface area contributed by atoms with Gasteiger partial charge in [0.15, 0.2) is 5.78 Å². The predicted molar refractivity (Wildman–Crippen MR) is 125 cm³/mol. The van der Waals surface area contributed by atoms with Crippen molar-refractivity contribution in [2.75, 3.05) is 11.9 Å². The summed E-state index contributed by atoms with van der Waals surface area (Å²) in [5.74, 6) is -0.541. The number of non-ortho nitro benzene ring substituents is 1. The third-order valence-corrected chi connectivity index (χ3v) is 5.33. The molecule has 0 unspecified atom stereocenters. The summed E-state index contributed by atoms with van der Waals surface area (Å²) >= 11 is 3.42. The molecule has 0 aliphatic rings. The first-order valence-electron chi connectivity index (χ1n) is 9.94. The van der Waals surface area contributed by atoms with Gasteiger partial charge in [-0.15, -0.1) is 0 Å². The van der Waals surface area contributed by atoms with Crippen LogP contribution >= 0.6 is 15.9 Å². The van der Waals surface area contributed by atoms with Crippen molar-refractivity contribution >= 4 is 39.1 Å². The standard InChI is InChI=1S/C24H21BrN2O5/c1-2-32-24(29)18-5-11-20(12-6-18)26-22(16-3-9-19(25)10-4-16)15-23(28)17-7-13-21(14-8-17)27(30)31/h3-14,22,26H,2,15H2,1H3/t22-/m0/s1. The lowest BCUT2D eigenvalue weighted by atomic mass is 9.97. The molecule has 0 spiro atoms. The van der Waals surface area contributed by atoms with E-state index in [2.05, 4.69) is 21.2 Å². The maximum absolute atomic E-state index is 12.9. The van der Waals surface area contributed by atoms with Gasteiger partial charge >= 0.3 is 5.97 Å². The van der Waals surface area contributed by atoms with Gasteiger partial charge in [-0.2, -0.15) is 0 Å². The Hall–Kier alpha value is -3.52. The number of carbonyl (C=O) groups excluding carboxylic acids is 2. The van der Waals surface area contributed by atoms with Gasteiger partial charge < -0.3 is 10.1 Å². The monoisotopic (exact) mass is 496 g/mol. The summed E-state index contributed by atoms with van der Waals surface area (Å²) in [6, 6.07) is 19.7. The Morgan fingerprint density at radius 3 is 2.12 bits per heavy atom. The van der Waals surface area contributed by atoms with Crippen molar-refractivity contribution < 1.29 is 19.2 Å². The first-order valence-corrected chi connectivity index (χ1v) is 10.7. The van der Waals surface area contributed by atoms with Crippen LogP contribution in [0, 0.1) is 10.1 Å². The molecule has 8 heteroatoms. The summed E-state index contributed by atoms with van der Waals surface area (Å²) in [4.78, 5) is 35.1. The SMILES string of the molecule is CCOC(=O)c1ccc(N[C@@H](CC(=O)c2ccc([N+](=O)[O-])cc2)c2ccc(Br)cc2)cc1. The molecule has 0 aromatic heterocycles. The van der Waals surface area contributed by atoms with Crippen LogP contribution in [-0.4, -0.2) is 23.3 Å². The first kappa shape index (κ1) is 23.1. The van der Waals surface area contributed by atoms with Crippen LogP contribution in [0.4, 0.5) is 11.4 Å². The summed E-state index contributed by atoms with van der Waals surface area (Å²) in [5, 5.41) is 14.2. The number of Topliss-reactive ketones (excluding diaryl/α,β-unsaturated/α-hetero) is 1. The molecule has 0 heterocycles. The molecule has 7 nitrogen and oxygen atoms in total. The van der Waals surface area contributed by atoms with E-state index in [1.165, 1.54) is 24.3 Å². The highest BCUT2D eigenvalue weighted by Crippen LogP contribution is 2.27. The predicted octanol–water partition coefficient (Wildman–Crippen LogP) is 5.96. The highest BCUT2D eigenvalue weighted by Gasteiger charge is 2.19. The zero-order valence-corrected chi connectivity index (χ0v) is 18.9. The third kappa shape index (κ3) is 6.01. The highest BCUT2D eigenvalue weighted by atomic mass is 79.9. The number of ether oxygens (including phenoxy) is 1. The quantitative estimate of drug-likeness (QED) is 0.170. The minimum Gasteiger partial charge on any atom is -0.462 e. The number of halogens is 1. The van der Waals surface area contributed by atoms with Crippen LogP contribution in [0.15, 0.2) is 77.3 Å². The Labute approximate surface area is 193 Å². The van der Waals surface area contributed by atoms with Crippen LogP contribution in [0.1, 0.15) is 45.7 Å². The summed E-state index contributed by atoms with van der Waals surface area (Å²) in [7, 11) is 0. The van der Waals surface area contributed by atoms with Crippen LogP contribution in [0.3, 0.4) is 0 Å². The number of anilines is 1. The van der Waals surface area contributed by atoms with E-state index in [1.807, 2.05) is 24.3 Å². The number of nitrogens with zero attached hydrogens (tertiary/aromatic N) is 1. The largest absolute Gasteiger partial charge is 0.462 e. The molecule has 164 valence electrons. The van der Waals surface area contributed by atoms with Crippen molar-refractivity contribution in [3.05, 3.63) is 104 Å². The summed E-state index contributed by atoms with van der Waals surface area (Å²) in [5.41, 5.74) is 2.42. The summed E-state index contributed by atoms with van der Waals surface area (Å²) in [6.45, 7) is 2.05. The number of nitro groups is 1. The molecule has 3 aromatic carbocycles. The van der Waals surface area contributed by atoms with E-state index in [4.69, 9.17) is 4.74 Å². The molecular formula is C24H21BrN2O5. The molecule has 3 rings (SSSR count). The number of esters is 1. The van der Waals surface area contributed by atoms with Gasteiger partial charge in [0.25, 0.3) is 5.69 Å². The lowest BCUT2D eigenvalue weighted by molar-refractivity contribution is -0.384. The maximum Gasteiger partial charge on any atom is 0.338 e. The van der Waals surface area contributed by atoms with Crippen molar-refractivity contribution in [3.63, 3.8) is 0 Å². The number of nitrogens with one attached hydrogen (secondary N) is 1. The normalized spacial score (nSPS) is 11.4. The van der Waals surface area contributed by atoms with Gasteiger partial charge in [0.2, 0.25) is 0 Å². The summed E-state index contributed by atoms with van der Waals surface area (Å²) in [6.07, 6.45) is 0.138. The first-order chi connectivity index (χ1) is 15.4. The molecule has 0 saturated heterocycles. The Morgan fingerprint density at radius 1 is 0.969 bits per heavy atom. The molecular weight excluding hydrogens is 476 g/mol. The zero-order chi connectivity index (χ0) is 23.1. The fourth-order valence-corrected chi connectivity index (χ4v) is 3.40. The maximum atomic E-state index is 12.9. The Kier molecular flexibility index (Phi) is 7.72. The molecule has 0 saturated carbocycles. The minimum absolute atomic E-state index is 0.0641. The van der Waals surface area contributed by atoms with E-state index in [0.717, 1.165) is 15.7 Å². The van der Waals surface area contributed by atoms with E-state index in [1.54, 1.807) is 31.2 Å². The molecule has 0 bridgehead atoms. The Bertz CT molecular complexity index is 1100. The number of carbonyl (C=O) groups is 2. The number of hydrogen-bond acceptors (Lipinski definition) is 6. The molecule has 0 fully saturated rings. The second kappa shape index (κ2) is 10.7. The van der Waals surface area contributed by atoms with Crippen molar-refractivity contribution in [2.45, 2.75) is 19.4 Å². The fraction of sp³-hybridized carbons (Fsp3) is 0.167. The van der Waals surface area contributed by atoms with Gasteiger partial charge in [-0.25, -0.2) is 4.79 Å². The van der Waals surface area contributed by atoms with Gasteiger partial charge in [0, 0.05) is 34.3 Å². The van der Waals surface area contributed by atoms with Crippen LogP contribution in [0.5, 0.6) is 0 Å². The Balaban J connectivity index is 1.81. The average molecular weight is 497 g/mol. The number of rotatable bonds is 9. The lowest BCUT2D eigenvalue weighted by Crippen LogP contribution is -2.16. The van der Waals surface area contributed by atoms with Crippen molar-refractivity contribution in [1.82, 2.24) is 0 Å². The molecule has 3 aromatic rings. The molecule has 1 atom stereocenters. The second-order valence-corrected chi connectivity index (χ2v) is 7.89. The fourth-order valence-electron chi connectivity index (χ4n) is 3.14. The van der Waals surface area contributed by atoms with E-state index in [0.29, 0.717) is 17.7 Å². The molecule has 0 radical (unpaired) electrons. The van der Waals surface area contributed by atoms with Gasteiger partial charge in [-0.05, 0) is 61.0 Å². The molecule has 0 aliphatic carbocycles. The zero-order valence-electron chi connectivity index (χ0n) is 17.3. The van der Waals surface area contributed by atoms with Crippen LogP contribution in [0.2, 0.25) is 0 Å². The van der Waals surface area contributed by atoms with Crippen LogP contribution in [-0.2, 0) is 4.74 Å². The number of ketones is 1. The molecule has 1 N–H and O–H groups in total. The van der Waals surface area contributed by atoms with E-state index in [-0.39, 0.29) is 23.9 Å². The van der Waals surface area contributed by atoms with Crippen LogP contribution in [0.25, 0.3) is 0 Å². The van der Waals surface area contributed by atoms with Crippen molar-refractivity contribution in [2.24, 2.45) is 0 Å². The van der Waals surface area contributed by atoms with Gasteiger partial charge in [0.05, 0.1) is 23.1 Å². The van der Waals surface area contributed by atoms with E-state index < -0.39 is 10.9 Å². The summed E-state index contributed by atoms with van der Waals surface area (Å²) < 4.78 is 5.92. The number of nitro benzene ring substituents is 1. The lowest BCUT2D eigenvalue weighted by Gasteiger charge is -2.20. The van der Waals surface area contributed by atoms with Gasteiger partial charge in [-0.1, -0.05) is 28.1 Å². The number of hydrogen-bond donors (Lipinski definition) is 1. The molecule has 0 aliphatic heterocycles. The molecule has 32 heavy (non-hydrogen) atoms.